The Balaban J connectivity index is 1.54. The van der Waals surface area contributed by atoms with Crippen molar-refractivity contribution in [2.75, 3.05) is 0 Å². The quantitative estimate of drug-likeness (QED) is 0.559. The van der Waals surface area contributed by atoms with Crippen LogP contribution in [0.25, 0.3) is 0 Å². The van der Waals surface area contributed by atoms with Gasteiger partial charge in [0.2, 0.25) is 0 Å². The van der Waals surface area contributed by atoms with Gasteiger partial charge in [0, 0.05) is 18.2 Å². The van der Waals surface area contributed by atoms with E-state index >= 15 is 0 Å². The third-order valence-corrected chi connectivity index (χ3v) is 4.63. The fourth-order valence-electron chi connectivity index (χ4n) is 2.66. The first kappa shape index (κ1) is 18.4. The maximum atomic E-state index is 13.8. The van der Waals surface area contributed by atoms with Gasteiger partial charge in [-0.2, -0.15) is 0 Å². The minimum Gasteiger partial charge on any atom is -0.489 e. The van der Waals surface area contributed by atoms with Crippen molar-refractivity contribution >= 4 is 11.6 Å². The molecule has 1 N–H and O–H groups in total. The van der Waals surface area contributed by atoms with Crippen molar-refractivity contribution < 1.29 is 9.13 Å². The lowest BCUT2D eigenvalue weighted by Gasteiger charge is -2.14. The SMILES string of the molecule is CC(NCc1ccc(OCc2c(F)cccc2Cl)cc1)c1ccccc1. The molecule has 0 amide bonds. The van der Waals surface area contributed by atoms with Crippen LogP contribution in [0.2, 0.25) is 5.02 Å². The lowest BCUT2D eigenvalue weighted by molar-refractivity contribution is 0.300. The van der Waals surface area contributed by atoms with Crippen molar-refractivity contribution in [3.8, 4) is 5.75 Å². The van der Waals surface area contributed by atoms with Crippen molar-refractivity contribution in [1.29, 1.82) is 0 Å². The van der Waals surface area contributed by atoms with Gasteiger partial charge in [0.05, 0.1) is 5.02 Å². The van der Waals surface area contributed by atoms with Crippen LogP contribution in [0.15, 0.2) is 72.8 Å². The molecule has 1 unspecified atom stereocenters. The van der Waals surface area contributed by atoms with E-state index in [0.717, 1.165) is 12.1 Å². The van der Waals surface area contributed by atoms with E-state index in [-0.39, 0.29) is 18.5 Å². The maximum absolute atomic E-state index is 13.8. The molecule has 0 fully saturated rings. The van der Waals surface area contributed by atoms with Crippen molar-refractivity contribution in [3.63, 3.8) is 0 Å². The van der Waals surface area contributed by atoms with Crippen LogP contribution in [-0.2, 0) is 13.2 Å². The van der Waals surface area contributed by atoms with Gasteiger partial charge in [0.15, 0.2) is 0 Å². The van der Waals surface area contributed by atoms with E-state index in [2.05, 4.69) is 24.4 Å². The summed E-state index contributed by atoms with van der Waals surface area (Å²) < 4.78 is 19.4. The molecule has 0 aliphatic heterocycles. The van der Waals surface area contributed by atoms with Crippen molar-refractivity contribution in [2.24, 2.45) is 0 Å². The van der Waals surface area contributed by atoms with Gasteiger partial charge in [0.1, 0.15) is 18.2 Å². The Kier molecular flexibility index (Phi) is 6.26. The van der Waals surface area contributed by atoms with Gasteiger partial charge in [-0.1, -0.05) is 60.1 Å². The smallest absolute Gasteiger partial charge is 0.131 e. The van der Waals surface area contributed by atoms with Crippen LogP contribution in [0, 0.1) is 5.82 Å². The van der Waals surface area contributed by atoms with Crippen LogP contribution in [0.5, 0.6) is 5.75 Å². The number of rotatable bonds is 7. The Bertz CT molecular complexity index is 816. The molecule has 0 spiro atoms. The molecule has 0 radical (unpaired) electrons. The third-order valence-electron chi connectivity index (χ3n) is 4.28. The van der Waals surface area contributed by atoms with Crippen molar-refractivity contribution in [1.82, 2.24) is 5.32 Å². The molecular formula is C22H21ClFNO. The monoisotopic (exact) mass is 369 g/mol. The van der Waals surface area contributed by atoms with Gasteiger partial charge in [0.25, 0.3) is 0 Å². The second kappa shape index (κ2) is 8.84. The Morgan fingerprint density at radius 1 is 0.962 bits per heavy atom. The first-order valence-corrected chi connectivity index (χ1v) is 8.94. The molecule has 0 bridgehead atoms. The van der Waals surface area contributed by atoms with Gasteiger partial charge < -0.3 is 10.1 Å². The molecule has 0 heterocycles. The summed E-state index contributed by atoms with van der Waals surface area (Å²) in [5, 5.41) is 3.88. The summed E-state index contributed by atoms with van der Waals surface area (Å²) in [5.74, 6) is 0.331. The first-order valence-electron chi connectivity index (χ1n) is 8.56. The molecule has 26 heavy (non-hydrogen) atoms. The topological polar surface area (TPSA) is 21.3 Å². The van der Waals surface area contributed by atoms with Crippen LogP contribution in [0.1, 0.15) is 29.7 Å². The summed E-state index contributed by atoms with van der Waals surface area (Å²) in [5.41, 5.74) is 2.79. The van der Waals surface area contributed by atoms with Gasteiger partial charge in [-0.3, -0.25) is 0 Å². The summed E-state index contributed by atoms with van der Waals surface area (Å²) in [4.78, 5) is 0. The zero-order valence-corrected chi connectivity index (χ0v) is 15.3. The van der Waals surface area contributed by atoms with Gasteiger partial charge >= 0.3 is 0 Å². The van der Waals surface area contributed by atoms with Crippen molar-refractivity contribution in [3.05, 3.63) is 100 Å². The largest absolute Gasteiger partial charge is 0.489 e. The zero-order valence-electron chi connectivity index (χ0n) is 14.6. The Hall–Kier alpha value is -2.36. The molecule has 2 nitrogen and oxygen atoms in total. The number of hydrogen-bond acceptors (Lipinski definition) is 2. The highest BCUT2D eigenvalue weighted by atomic mass is 35.5. The predicted molar refractivity (Wildman–Crippen MR) is 104 cm³/mol. The molecule has 0 saturated carbocycles. The number of ether oxygens (including phenoxy) is 1. The molecule has 1 atom stereocenters. The average molecular weight is 370 g/mol. The van der Waals surface area contributed by atoms with Gasteiger partial charge in [-0.05, 0) is 42.3 Å². The summed E-state index contributed by atoms with van der Waals surface area (Å²) in [6, 6.07) is 23.0. The molecule has 0 aliphatic rings. The molecule has 0 aliphatic carbocycles. The molecule has 3 rings (SSSR count). The maximum Gasteiger partial charge on any atom is 0.131 e. The van der Waals surface area contributed by atoms with Crippen molar-refractivity contribution in [2.45, 2.75) is 26.1 Å². The fourth-order valence-corrected chi connectivity index (χ4v) is 2.88. The third kappa shape index (κ3) is 4.84. The molecule has 134 valence electrons. The standard InChI is InChI=1S/C22H21ClFNO/c1-16(18-6-3-2-4-7-18)25-14-17-10-12-19(13-11-17)26-15-20-21(23)8-5-9-22(20)24/h2-13,16,25H,14-15H2,1H3. The zero-order chi connectivity index (χ0) is 18.4. The van der Waals surface area contributed by atoms with Gasteiger partial charge in [-0.25, -0.2) is 4.39 Å². The van der Waals surface area contributed by atoms with E-state index in [4.69, 9.17) is 16.3 Å². The number of halogens is 2. The summed E-state index contributed by atoms with van der Waals surface area (Å²) >= 11 is 6.01. The number of benzene rings is 3. The van der Waals surface area contributed by atoms with Crippen LogP contribution in [-0.4, -0.2) is 0 Å². The van der Waals surface area contributed by atoms with Crippen LogP contribution in [0.3, 0.4) is 0 Å². The number of nitrogens with one attached hydrogen (secondary N) is 1. The fraction of sp³-hybridized carbons (Fsp3) is 0.182. The van der Waals surface area contributed by atoms with Gasteiger partial charge in [-0.15, -0.1) is 0 Å². The average Bonchev–Trinajstić information content (AvgIpc) is 2.67. The minimum absolute atomic E-state index is 0.105. The minimum atomic E-state index is -0.354. The van der Waals surface area contributed by atoms with Crippen LogP contribution < -0.4 is 10.1 Å². The van der Waals surface area contributed by atoms with E-state index in [1.54, 1.807) is 12.1 Å². The molecular weight excluding hydrogens is 349 g/mol. The second-order valence-corrected chi connectivity index (χ2v) is 6.55. The van der Waals surface area contributed by atoms with E-state index in [9.17, 15) is 4.39 Å². The Morgan fingerprint density at radius 2 is 1.69 bits per heavy atom. The van der Waals surface area contributed by atoms with E-state index in [1.807, 2.05) is 42.5 Å². The summed E-state index contributed by atoms with van der Waals surface area (Å²) in [6.45, 7) is 3.01. The summed E-state index contributed by atoms with van der Waals surface area (Å²) in [6.07, 6.45) is 0. The first-order chi connectivity index (χ1) is 12.6. The predicted octanol–water partition coefficient (Wildman–Crippen LogP) is 5.91. The normalized spacial score (nSPS) is 12.0. The Morgan fingerprint density at radius 3 is 2.38 bits per heavy atom. The molecule has 0 saturated heterocycles. The Labute approximate surface area is 158 Å². The lowest BCUT2D eigenvalue weighted by atomic mass is 10.1. The van der Waals surface area contributed by atoms with E-state index < -0.39 is 0 Å². The number of hydrogen-bond donors (Lipinski definition) is 1. The highest BCUT2D eigenvalue weighted by Gasteiger charge is 2.08. The molecule has 3 aromatic carbocycles. The second-order valence-electron chi connectivity index (χ2n) is 6.15. The highest BCUT2D eigenvalue weighted by molar-refractivity contribution is 6.31. The molecule has 4 heteroatoms. The van der Waals surface area contributed by atoms with E-state index in [1.165, 1.54) is 11.6 Å². The molecule has 0 aromatic heterocycles. The molecule has 3 aromatic rings. The van der Waals surface area contributed by atoms with Crippen LogP contribution in [0.4, 0.5) is 4.39 Å². The van der Waals surface area contributed by atoms with E-state index in [0.29, 0.717) is 16.3 Å². The summed E-state index contributed by atoms with van der Waals surface area (Å²) in [7, 11) is 0. The lowest BCUT2D eigenvalue weighted by Crippen LogP contribution is -2.17. The highest BCUT2D eigenvalue weighted by Crippen LogP contribution is 2.22. The van der Waals surface area contributed by atoms with Crippen LogP contribution >= 0.6 is 11.6 Å².